The Morgan fingerprint density at radius 1 is 0.774 bits per heavy atom. The van der Waals surface area contributed by atoms with Crippen LogP contribution in [0.3, 0.4) is 0 Å². The molecule has 0 saturated heterocycles. The predicted octanol–water partition coefficient (Wildman–Crippen LogP) is 4.39. The van der Waals surface area contributed by atoms with Crippen molar-refractivity contribution < 1.29 is 9.59 Å². The van der Waals surface area contributed by atoms with Crippen LogP contribution in [0.4, 0.5) is 11.4 Å². The summed E-state index contributed by atoms with van der Waals surface area (Å²) in [6.45, 7) is 0. The quantitative estimate of drug-likeness (QED) is 0.463. The Balaban J connectivity index is 1.38. The molecule has 7 heteroatoms. The lowest BCUT2D eigenvalue weighted by Gasteiger charge is -2.12. The third-order valence-electron chi connectivity index (χ3n) is 4.91. The van der Waals surface area contributed by atoms with Gasteiger partial charge in [-0.25, -0.2) is 9.97 Å². The zero-order chi connectivity index (χ0) is 21.2. The monoisotopic (exact) mass is 407 g/mol. The number of carbonyl (C=O) groups is 2. The first-order chi connectivity index (χ1) is 15.2. The lowest BCUT2D eigenvalue weighted by atomic mass is 10.2. The lowest BCUT2D eigenvalue weighted by Crippen LogP contribution is -2.17. The van der Waals surface area contributed by atoms with Gasteiger partial charge in [-0.3, -0.25) is 9.59 Å². The number of rotatable bonds is 4. The number of anilines is 2. The first kappa shape index (κ1) is 18.5. The van der Waals surface area contributed by atoms with E-state index in [0.29, 0.717) is 28.3 Å². The summed E-state index contributed by atoms with van der Waals surface area (Å²) in [5, 5.41) is 6.66. The molecular formula is C24H17N5O2. The minimum atomic E-state index is -0.355. The number of benzene rings is 2. The van der Waals surface area contributed by atoms with Crippen LogP contribution in [0.5, 0.6) is 0 Å². The second-order valence-corrected chi connectivity index (χ2v) is 6.95. The van der Waals surface area contributed by atoms with Crippen molar-refractivity contribution in [3.05, 3.63) is 103 Å². The fourth-order valence-corrected chi connectivity index (χ4v) is 3.33. The molecule has 2 amide bonds. The van der Waals surface area contributed by atoms with Gasteiger partial charge >= 0.3 is 0 Å². The predicted molar refractivity (Wildman–Crippen MR) is 119 cm³/mol. The Morgan fingerprint density at radius 3 is 2.35 bits per heavy atom. The summed E-state index contributed by atoms with van der Waals surface area (Å²) in [5.74, 6) is -0.651. The lowest BCUT2D eigenvalue weighted by molar-refractivity contribution is 0.101. The highest BCUT2D eigenvalue weighted by molar-refractivity contribution is 6.10. The van der Waals surface area contributed by atoms with E-state index < -0.39 is 0 Å². The summed E-state index contributed by atoms with van der Waals surface area (Å²) >= 11 is 0. The summed E-state index contributed by atoms with van der Waals surface area (Å²) in [7, 11) is 0. The van der Waals surface area contributed by atoms with Gasteiger partial charge in [-0.15, -0.1) is 0 Å². The van der Waals surface area contributed by atoms with Crippen LogP contribution < -0.4 is 10.6 Å². The summed E-state index contributed by atoms with van der Waals surface area (Å²) < 4.78 is 1.82. The van der Waals surface area contributed by atoms with Crippen LogP contribution >= 0.6 is 0 Å². The van der Waals surface area contributed by atoms with Crippen molar-refractivity contribution >= 4 is 39.7 Å². The molecule has 5 aromatic rings. The van der Waals surface area contributed by atoms with E-state index >= 15 is 0 Å². The maximum absolute atomic E-state index is 12.8. The fourth-order valence-electron chi connectivity index (χ4n) is 3.33. The molecule has 5 rings (SSSR count). The van der Waals surface area contributed by atoms with Gasteiger partial charge < -0.3 is 15.0 Å². The fraction of sp³-hybridized carbons (Fsp3) is 0. The Morgan fingerprint density at radius 2 is 1.52 bits per heavy atom. The van der Waals surface area contributed by atoms with Crippen LogP contribution in [0.1, 0.15) is 20.8 Å². The van der Waals surface area contributed by atoms with Crippen molar-refractivity contribution in [2.75, 3.05) is 10.6 Å². The van der Waals surface area contributed by atoms with Crippen LogP contribution in [0.25, 0.3) is 16.6 Å². The minimum Gasteiger partial charge on any atom is -0.320 e. The molecule has 0 atom stereocenters. The Bertz CT molecular complexity index is 1440. The van der Waals surface area contributed by atoms with Gasteiger partial charge in [0.1, 0.15) is 11.3 Å². The standard InChI is InChI=1S/C24H17N5O2/c30-23(17-11-13-29-14-12-25-22(29)15-17)27-19-7-3-4-8-20(19)28-24(31)21-10-9-16-5-1-2-6-18(16)26-21/h1-15H,(H,27,30)(H,28,31). The number of nitrogens with one attached hydrogen (secondary N) is 2. The van der Waals surface area contributed by atoms with Gasteiger partial charge in [0.2, 0.25) is 0 Å². The number of nitrogens with zero attached hydrogens (tertiary/aromatic N) is 3. The van der Waals surface area contributed by atoms with Crippen molar-refractivity contribution in [1.82, 2.24) is 14.4 Å². The SMILES string of the molecule is O=C(Nc1ccccc1NC(=O)c1ccc2ccccc2n1)c1ccn2ccnc2c1. The molecule has 3 heterocycles. The van der Waals surface area contributed by atoms with Crippen molar-refractivity contribution in [2.45, 2.75) is 0 Å². The van der Waals surface area contributed by atoms with Crippen molar-refractivity contribution in [3.8, 4) is 0 Å². The Labute approximate surface area is 177 Å². The number of carbonyl (C=O) groups excluding carboxylic acids is 2. The number of aromatic nitrogens is 3. The highest BCUT2D eigenvalue weighted by Gasteiger charge is 2.14. The van der Waals surface area contributed by atoms with Gasteiger partial charge in [-0.2, -0.15) is 0 Å². The summed E-state index contributed by atoms with van der Waals surface area (Å²) in [6, 6.07) is 21.6. The molecule has 3 aromatic heterocycles. The molecule has 150 valence electrons. The molecule has 31 heavy (non-hydrogen) atoms. The molecule has 0 bridgehead atoms. The smallest absolute Gasteiger partial charge is 0.274 e. The van der Waals surface area contributed by atoms with E-state index in [1.165, 1.54) is 0 Å². The number of hydrogen-bond donors (Lipinski definition) is 2. The molecule has 0 unspecified atom stereocenters. The number of para-hydroxylation sites is 3. The third kappa shape index (κ3) is 3.72. The number of hydrogen-bond acceptors (Lipinski definition) is 4. The Hall–Kier alpha value is -4.52. The molecule has 0 aliphatic heterocycles. The van der Waals surface area contributed by atoms with Crippen LogP contribution in [0.2, 0.25) is 0 Å². The second kappa shape index (κ2) is 7.72. The summed E-state index contributed by atoms with van der Waals surface area (Å²) in [5.41, 5.74) is 3.16. The molecular weight excluding hydrogens is 390 g/mol. The molecule has 0 saturated carbocycles. The summed E-state index contributed by atoms with van der Waals surface area (Å²) in [6.07, 6.45) is 5.25. The molecule has 0 spiro atoms. The van der Waals surface area contributed by atoms with Gasteiger partial charge in [-0.1, -0.05) is 36.4 Å². The average Bonchev–Trinajstić information content (AvgIpc) is 3.28. The van der Waals surface area contributed by atoms with Gasteiger partial charge in [-0.05, 0) is 36.4 Å². The topological polar surface area (TPSA) is 88.4 Å². The summed E-state index contributed by atoms with van der Waals surface area (Å²) in [4.78, 5) is 34.2. The van der Waals surface area contributed by atoms with Crippen LogP contribution in [-0.4, -0.2) is 26.2 Å². The third-order valence-corrected chi connectivity index (χ3v) is 4.91. The first-order valence-corrected chi connectivity index (χ1v) is 9.68. The van der Waals surface area contributed by atoms with Crippen molar-refractivity contribution in [3.63, 3.8) is 0 Å². The van der Waals surface area contributed by atoms with E-state index in [4.69, 9.17) is 0 Å². The molecule has 2 aromatic carbocycles. The zero-order valence-electron chi connectivity index (χ0n) is 16.3. The molecule has 2 N–H and O–H groups in total. The van der Waals surface area contributed by atoms with Gasteiger partial charge in [0.15, 0.2) is 0 Å². The number of amides is 2. The van der Waals surface area contributed by atoms with Crippen LogP contribution in [-0.2, 0) is 0 Å². The normalized spacial score (nSPS) is 10.8. The van der Waals surface area contributed by atoms with E-state index in [9.17, 15) is 9.59 Å². The second-order valence-electron chi connectivity index (χ2n) is 6.95. The molecule has 7 nitrogen and oxygen atoms in total. The molecule has 0 fully saturated rings. The van der Waals surface area contributed by atoms with Crippen LogP contribution in [0, 0.1) is 0 Å². The van der Waals surface area contributed by atoms with E-state index in [-0.39, 0.29) is 11.8 Å². The maximum atomic E-state index is 12.8. The number of imidazole rings is 1. The van der Waals surface area contributed by atoms with E-state index in [2.05, 4.69) is 20.6 Å². The molecule has 0 aliphatic carbocycles. The van der Waals surface area contributed by atoms with Gasteiger partial charge in [0, 0.05) is 29.5 Å². The maximum Gasteiger partial charge on any atom is 0.274 e. The van der Waals surface area contributed by atoms with E-state index in [1.807, 2.05) is 40.9 Å². The van der Waals surface area contributed by atoms with Gasteiger partial charge in [0.05, 0.1) is 16.9 Å². The van der Waals surface area contributed by atoms with E-state index in [1.54, 1.807) is 54.9 Å². The minimum absolute atomic E-state index is 0.295. The molecule has 0 aliphatic rings. The van der Waals surface area contributed by atoms with Crippen LogP contribution in [0.15, 0.2) is 91.4 Å². The van der Waals surface area contributed by atoms with Crippen molar-refractivity contribution in [1.29, 1.82) is 0 Å². The number of fused-ring (bicyclic) bond motifs is 2. The van der Waals surface area contributed by atoms with Crippen molar-refractivity contribution in [2.24, 2.45) is 0 Å². The first-order valence-electron chi connectivity index (χ1n) is 9.68. The highest BCUT2D eigenvalue weighted by Crippen LogP contribution is 2.23. The molecule has 0 radical (unpaired) electrons. The zero-order valence-corrected chi connectivity index (χ0v) is 16.3. The number of pyridine rings is 2. The highest BCUT2D eigenvalue weighted by atomic mass is 16.2. The van der Waals surface area contributed by atoms with E-state index in [0.717, 1.165) is 10.9 Å². The van der Waals surface area contributed by atoms with Gasteiger partial charge in [0.25, 0.3) is 11.8 Å². The average molecular weight is 407 g/mol. The largest absolute Gasteiger partial charge is 0.320 e. The Kier molecular flexibility index (Phi) is 4.61.